The van der Waals surface area contributed by atoms with Crippen LogP contribution in [0.5, 0.6) is 5.75 Å². The standard InChI is InChI=1S/C17H21N3O4/c1-12(14-4-2-3-5-16(14)21)18-17(22)15-10-13(24-19-15)11-20-6-8-23-9-7-20/h2-5,10,12,21H,6-9,11H2,1H3,(H,18,22). The maximum absolute atomic E-state index is 12.3. The first kappa shape index (κ1) is 16.5. The first-order valence-electron chi connectivity index (χ1n) is 7.98. The smallest absolute Gasteiger partial charge is 0.273 e. The van der Waals surface area contributed by atoms with E-state index in [-0.39, 0.29) is 23.4 Å². The van der Waals surface area contributed by atoms with Gasteiger partial charge in [-0.1, -0.05) is 23.4 Å². The second-order valence-electron chi connectivity index (χ2n) is 5.82. The van der Waals surface area contributed by atoms with Gasteiger partial charge in [0, 0.05) is 24.7 Å². The zero-order valence-corrected chi connectivity index (χ0v) is 13.6. The number of carbonyl (C=O) groups excluding carboxylic acids is 1. The summed E-state index contributed by atoms with van der Waals surface area (Å²) in [4.78, 5) is 14.5. The van der Waals surface area contributed by atoms with Crippen molar-refractivity contribution in [1.29, 1.82) is 0 Å². The van der Waals surface area contributed by atoms with Crippen molar-refractivity contribution in [2.24, 2.45) is 0 Å². The van der Waals surface area contributed by atoms with Crippen LogP contribution in [0, 0.1) is 0 Å². The molecule has 7 heteroatoms. The Morgan fingerprint density at radius 1 is 1.38 bits per heavy atom. The Morgan fingerprint density at radius 2 is 2.12 bits per heavy atom. The van der Waals surface area contributed by atoms with E-state index < -0.39 is 0 Å². The number of aromatic hydroxyl groups is 1. The lowest BCUT2D eigenvalue weighted by atomic mass is 10.1. The van der Waals surface area contributed by atoms with Crippen molar-refractivity contribution < 1.29 is 19.2 Å². The van der Waals surface area contributed by atoms with Crippen molar-refractivity contribution in [3.63, 3.8) is 0 Å². The molecular formula is C17H21N3O4. The molecule has 0 radical (unpaired) electrons. The second-order valence-corrected chi connectivity index (χ2v) is 5.82. The molecule has 1 saturated heterocycles. The molecule has 2 heterocycles. The number of amides is 1. The maximum atomic E-state index is 12.3. The number of hydrogen-bond acceptors (Lipinski definition) is 6. The summed E-state index contributed by atoms with van der Waals surface area (Å²) in [5.74, 6) is 0.471. The number of phenols is 1. The van der Waals surface area contributed by atoms with Crippen molar-refractivity contribution in [3.8, 4) is 5.75 Å². The van der Waals surface area contributed by atoms with Crippen LogP contribution in [0.15, 0.2) is 34.9 Å². The highest BCUT2D eigenvalue weighted by Crippen LogP contribution is 2.23. The predicted octanol–water partition coefficient (Wildman–Crippen LogP) is 1.70. The van der Waals surface area contributed by atoms with Gasteiger partial charge in [0.25, 0.3) is 5.91 Å². The van der Waals surface area contributed by atoms with Crippen molar-refractivity contribution in [2.75, 3.05) is 26.3 Å². The molecular weight excluding hydrogens is 310 g/mol. The van der Waals surface area contributed by atoms with Gasteiger partial charge >= 0.3 is 0 Å². The lowest BCUT2D eigenvalue weighted by Gasteiger charge is -2.25. The molecule has 1 aliphatic rings. The minimum atomic E-state index is -0.335. The van der Waals surface area contributed by atoms with Crippen molar-refractivity contribution in [3.05, 3.63) is 47.3 Å². The Labute approximate surface area is 140 Å². The summed E-state index contributed by atoms with van der Waals surface area (Å²) >= 11 is 0. The summed E-state index contributed by atoms with van der Waals surface area (Å²) in [5.41, 5.74) is 0.892. The molecule has 7 nitrogen and oxygen atoms in total. The Hall–Kier alpha value is -2.38. The summed E-state index contributed by atoms with van der Waals surface area (Å²) in [6.45, 7) is 5.51. The Morgan fingerprint density at radius 3 is 2.88 bits per heavy atom. The van der Waals surface area contributed by atoms with Crippen LogP contribution >= 0.6 is 0 Å². The first-order valence-corrected chi connectivity index (χ1v) is 7.98. The minimum absolute atomic E-state index is 0.151. The van der Waals surface area contributed by atoms with Crippen LogP contribution in [0.4, 0.5) is 0 Å². The third-order valence-corrected chi connectivity index (χ3v) is 4.03. The molecule has 1 unspecified atom stereocenters. The van der Waals surface area contributed by atoms with Crippen LogP contribution in [0.2, 0.25) is 0 Å². The number of phenolic OH excluding ortho intramolecular Hbond substituents is 1. The number of hydrogen-bond donors (Lipinski definition) is 2. The largest absolute Gasteiger partial charge is 0.508 e. The van der Waals surface area contributed by atoms with Crippen molar-refractivity contribution in [1.82, 2.24) is 15.4 Å². The molecule has 1 aliphatic heterocycles. The molecule has 0 aliphatic carbocycles. The van der Waals surface area contributed by atoms with Crippen LogP contribution in [0.25, 0.3) is 0 Å². The molecule has 1 aromatic carbocycles. The normalized spacial score (nSPS) is 16.7. The van der Waals surface area contributed by atoms with Crippen LogP contribution < -0.4 is 5.32 Å². The molecule has 2 aromatic rings. The fourth-order valence-electron chi connectivity index (χ4n) is 2.68. The monoisotopic (exact) mass is 331 g/mol. The third kappa shape index (κ3) is 3.93. The van der Waals surface area contributed by atoms with E-state index in [1.54, 1.807) is 24.3 Å². The number of aromatic nitrogens is 1. The molecule has 24 heavy (non-hydrogen) atoms. The fourth-order valence-corrected chi connectivity index (χ4v) is 2.68. The summed E-state index contributed by atoms with van der Waals surface area (Å²) in [7, 11) is 0. The first-order chi connectivity index (χ1) is 11.6. The number of morpholine rings is 1. The zero-order chi connectivity index (χ0) is 16.9. The molecule has 2 N–H and O–H groups in total. The number of nitrogens with one attached hydrogen (secondary N) is 1. The average molecular weight is 331 g/mol. The van der Waals surface area contributed by atoms with Gasteiger partial charge in [0.05, 0.1) is 25.8 Å². The van der Waals surface area contributed by atoms with Gasteiger partial charge in [-0.15, -0.1) is 0 Å². The van der Waals surface area contributed by atoms with E-state index in [2.05, 4.69) is 15.4 Å². The molecule has 0 spiro atoms. The van der Waals surface area contributed by atoms with Crippen molar-refractivity contribution in [2.45, 2.75) is 19.5 Å². The van der Waals surface area contributed by atoms with Gasteiger partial charge in [0.1, 0.15) is 5.75 Å². The molecule has 0 bridgehead atoms. The number of benzene rings is 1. The Bertz CT molecular complexity index is 695. The minimum Gasteiger partial charge on any atom is -0.508 e. The Balaban J connectivity index is 1.60. The highest BCUT2D eigenvalue weighted by molar-refractivity contribution is 5.92. The number of para-hydroxylation sites is 1. The molecule has 1 aromatic heterocycles. The average Bonchev–Trinajstić information content (AvgIpc) is 3.04. The summed E-state index contributed by atoms with van der Waals surface area (Å²) < 4.78 is 10.6. The van der Waals surface area contributed by atoms with Gasteiger partial charge in [-0.05, 0) is 13.0 Å². The zero-order valence-electron chi connectivity index (χ0n) is 13.6. The van der Waals surface area contributed by atoms with Gasteiger partial charge in [0.15, 0.2) is 11.5 Å². The highest BCUT2D eigenvalue weighted by Gasteiger charge is 2.19. The molecule has 1 fully saturated rings. The van der Waals surface area contributed by atoms with Crippen LogP contribution in [-0.2, 0) is 11.3 Å². The fraction of sp³-hybridized carbons (Fsp3) is 0.412. The number of carbonyl (C=O) groups is 1. The van der Waals surface area contributed by atoms with Crippen LogP contribution in [0.3, 0.4) is 0 Å². The van der Waals surface area contributed by atoms with Gasteiger partial charge < -0.3 is 19.7 Å². The van der Waals surface area contributed by atoms with E-state index in [9.17, 15) is 9.90 Å². The van der Waals surface area contributed by atoms with E-state index in [4.69, 9.17) is 9.26 Å². The van der Waals surface area contributed by atoms with E-state index in [1.807, 2.05) is 13.0 Å². The molecule has 3 rings (SSSR count). The quantitative estimate of drug-likeness (QED) is 0.867. The molecule has 0 saturated carbocycles. The Kier molecular flexibility index (Phi) is 5.12. The third-order valence-electron chi connectivity index (χ3n) is 4.03. The van der Waals surface area contributed by atoms with Gasteiger partial charge in [-0.3, -0.25) is 9.69 Å². The molecule has 1 amide bonds. The van der Waals surface area contributed by atoms with Gasteiger partial charge in [-0.2, -0.15) is 0 Å². The van der Waals surface area contributed by atoms with E-state index in [0.29, 0.717) is 31.1 Å². The lowest BCUT2D eigenvalue weighted by Crippen LogP contribution is -2.35. The number of ether oxygens (including phenoxy) is 1. The van der Waals surface area contributed by atoms with Gasteiger partial charge in [0.2, 0.25) is 0 Å². The maximum Gasteiger partial charge on any atom is 0.273 e. The molecule has 128 valence electrons. The molecule has 1 atom stereocenters. The predicted molar refractivity (Wildman–Crippen MR) is 86.6 cm³/mol. The summed E-state index contributed by atoms with van der Waals surface area (Å²) in [6, 6.07) is 8.24. The van der Waals surface area contributed by atoms with Crippen LogP contribution in [-0.4, -0.2) is 47.4 Å². The van der Waals surface area contributed by atoms with E-state index in [1.165, 1.54) is 0 Å². The van der Waals surface area contributed by atoms with Crippen LogP contribution in [0.1, 0.15) is 34.8 Å². The SMILES string of the molecule is CC(NC(=O)c1cc(CN2CCOCC2)on1)c1ccccc1O. The van der Waals surface area contributed by atoms with Crippen molar-refractivity contribution >= 4 is 5.91 Å². The number of nitrogens with zero attached hydrogens (tertiary/aromatic N) is 2. The van der Waals surface area contributed by atoms with E-state index >= 15 is 0 Å². The number of rotatable bonds is 5. The second kappa shape index (κ2) is 7.46. The summed E-state index contributed by atoms with van der Waals surface area (Å²) in [6.07, 6.45) is 0. The summed E-state index contributed by atoms with van der Waals surface area (Å²) in [5, 5.41) is 16.5. The highest BCUT2D eigenvalue weighted by atomic mass is 16.5. The topological polar surface area (TPSA) is 87.8 Å². The van der Waals surface area contributed by atoms with Gasteiger partial charge in [-0.25, -0.2) is 0 Å². The lowest BCUT2D eigenvalue weighted by molar-refractivity contribution is 0.0305. The van der Waals surface area contributed by atoms with E-state index in [0.717, 1.165) is 13.1 Å².